The largest absolute Gasteiger partial charge is 0.236 e. The van der Waals surface area contributed by atoms with Gasteiger partial charge in [-0.3, -0.25) is 0 Å². The Morgan fingerprint density at radius 1 is 1.00 bits per heavy atom. The van der Waals surface area contributed by atoms with E-state index in [1.807, 2.05) is 36.4 Å². The Hall–Kier alpha value is -1.68. The minimum Gasteiger partial charge on any atom is -0.236 e. The van der Waals surface area contributed by atoms with E-state index in [4.69, 9.17) is 0 Å². The van der Waals surface area contributed by atoms with Gasteiger partial charge in [-0.25, -0.2) is 13.4 Å². The zero-order valence-corrected chi connectivity index (χ0v) is 12.1. The van der Waals surface area contributed by atoms with Crippen LogP contribution >= 0.6 is 0 Å². The van der Waals surface area contributed by atoms with Gasteiger partial charge >= 0.3 is 0 Å². The second-order valence-electron chi connectivity index (χ2n) is 4.88. The fourth-order valence-corrected chi connectivity index (χ4v) is 2.52. The van der Waals surface area contributed by atoms with Crippen LogP contribution in [0.2, 0.25) is 0 Å². The average molecular weight is 275 g/mol. The highest BCUT2D eigenvalue weighted by Gasteiger charge is 2.15. The molecule has 2 aromatic rings. The summed E-state index contributed by atoms with van der Waals surface area (Å²) in [7, 11) is -3.29. The van der Waals surface area contributed by atoms with E-state index in [1.165, 1.54) is 6.26 Å². The van der Waals surface area contributed by atoms with Crippen LogP contribution in [0.3, 0.4) is 0 Å². The normalized spacial score (nSPS) is 11.8. The molecule has 0 fully saturated rings. The van der Waals surface area contributed by atoms with Gasteiger partial charge in [-0.1, -0.05) is 50.2 Å². The summed E-state index contributed by atoms with van der Waals surface area (Å²) in [5.41, 5.74) is 2.74. The van der Waals surface area contributed by atoms with Crippen LogP contribution < -0.4 is 0 Å². The molecule has 1 aromatic heterocycles. The highest BCUT2D eigenvalue weighted by atomic mass is 32.2. The number of pyridine rings is 1. The molecule has 0 aliphatic heterocycles. The van der Waals surface area contributed by atoms with Crippen LogP contribution in [0.15, 0.2) is 47.5 Å². The van der Waals surface area contributed by atoms with Gasteiger partial charge in [0.15, 0.2) is 14.9 Å². The summed E-state index contributed by atoms with van der Waals surface area (Å²) >= 11 is 0. The van der Waals surface area contributed by atoms with E-state index in [0.29, 0.717) is 0 Å². The maximum Gasteiger partial charge on any atom is 0.192 e. The van der Waals surface area contributed by atoms with Crippen LogP contribution in [0.4, 0.5) is 0 Å². The molecule has 0 amide bonds. The van der Waals surface area contributed by atoms with Gasteiger partial charge in [0.25, 0.3) is 0 Å². The number of rotatable bonds is 3. The van der Waals surface area contributed by atoms with Gasteiger partial charge in [0.05, 0.1) is 5.69 Å². The van der Waals surface area contributed by atoms with Gasteiger partial charge in [0.2, 0.25) is 0 Å². The van der Waals surface area contributed by atoms with E-state index in [0.717, 1.165) is 16.8 Å². The molecule has 0 saturated carbocycles. The number of benzene rings is 1. The maximum atomic E-state index is 11.6. The van der Waals surface area contributed by atoms with Crippen molar-refractivity contribution in [2.45, 2.75) is 24.8 Å². The molecular weight excluding hydrogens is 258 g/mol. The molecule has 0 bridgehead atoms. The first-order valence-electron chi connectivity index (χ1n) is 6.16. The lowest BCUT2D eigenvalue weighted by molar-refractivity contribution is 0.598. The van der Waals surface area contributed by atoms with Crippen molar-refractivity contribution in [2.24, 2.45) is 0 Å². The van der Waals surface area contributed by atoms with Crippen molar-refractivity contribution in [1.29, 1.82) is 0 Å². The summed E-state index contributed by atoms with van der Waals surface area (Å²) in [6.07, 6.45) is 1.18. The topological polar surface area (TPSA) is 47.0 Å². The molecular formula is C15H17NO2S. The fourth-order valence-electron chi connectivity index (χ4n) is 1.95. The first-order chi connectivity index (χ1) is 8.89. The summed E-state index contributed by atoms with van der Waals surface area (Å²) in [6, 6.07) is 13.1. The summed E-state index contributed by atoms with van der Waals surface area (Å²) in [5, 5.41) is 0.121. The molecule has 0 atom stereocenters. The third kappa shape index (κ3) is 3.01. The molecule has 1 aromatic carbocycles. The Bertz CT molecular complexity index is 677. The molecule has 19 heavy (non-hydrogen) atoms. The van der Waals surface area contributed by atoms with Crippen LogP contribution in [0.5, 0.6) is 0 Å². The third-order valence-electron chi connectivity index (χ3n) is 2.95. The number of nitrogens with zero attached hydrogens (tertiary/aromatic N) is 1. The van der Waals surface area contributed by atoms with Gasteiger partial charge in [-0.15, -0.1) is 0 Å². The standard InChI is InChI=1S/C15H17NO2S/c1-11(2)13-9-10-14(19(3,17)18)16-15(13)12-7-5-4-6-8-12/h4-11H,1-3H3. The second kappa shape index (κ2) is 5.13. The molecule has 0 saturated heterocycles. The highest BCUT2D eigenvalue weighted by Crippen LogP contribution is 2.28. The Balaban J connectivity index is 2.68. The van der Waals surface area contributed by atoms with Crippen LogP contribution in [0, 0.1) is 0 Å². The van der Waals surface area contributed by atoms with E-state index >= 15 is 0 Å². The number of hydrogen-bond acceptors (Lipinski definition) is 3. The first-order valence-corrected chi connectivity index (χ1v) is 8.05. The molecule has 100 valence electrons. The van der Waals surface area contributed by atoms with Crippen molar-refractivity contribution >= 4 is 9.84 Å². The van der Waals surface area contributed by atoms with Crippen molar-refractivity contribution in [3.8, 4) is 11.3 Å². The zero-order chi connectivity index (χ0) is 14.0. The monoisotopic (exact) mass is 275 g/mol. The molecule has 4 heteroatoms. The van der Waals surface area contributed by atoms with Gasteiger partial charge in [-0.05, 0) is 17.5 Å². The Morgan fingerprint density at radius 3 is 2.16 bits per heavy atom. The van der Waals surface area contributed by atoms with Crippen LogP contribution in [0.25, 0.3) is 11.3 Å². The average Bonchev–Trinajstić information content (AvgIpc) is 2.38. The van der Waals surface area contributed by atoms with E-state index in [-0.39, 0.29) is 10.9 Å². The molecule has 0 aliphatic carbocycles. The van der Waals surface area contributed by atoms with Gasteiger partial charge in [-0.2, -0.15) is 0 Å². The van der Waals surface area contributed by atoms with Crippen molar-refractivity contribution in [3.05, 3.63) is 48.0 Å². The van der Waals surface area contributed by atoms with Crippen molar-refractivity contribution in [1.82, 2.24) is 4.98 Å². The summed E-state index contributed by atoms with van der Waals surface area (Å²) < 4.78 is 23.3. The predicted molar refractivity (Wildman–Crippen MR) is 76.9 cm³/mol. The lowest BCUT2D eigenvalue weighted by Crippen LogP contribution is -2.04. The Labute approximate surface area is 114 Å². The van der Waals surface area contributed by atoms with E-state index < -0.39 is 9.84 Å². The minimum atomic E-state index is -3.29. The lowest BCUT2D eigenvalue weighted by Gasteiger charge is -2.13. The first kappa shape index (κ1) is 13.7. The quantitative estimate of drug-likeness (QED) is 0.863. The maximum absolute atomic E-state index is 11.6. The minimum absolute atomic E-state index is 0.121. The molecule has 0 aliphatic rings. The van der Waals surface area contributed by atoms with Crippen molar-refractivity contribution in [3.63, 3.8) is 0 Å². The summed E-state index contributed by atoms with van der Waals surface area (Å²) in [4.78, 5) is 4.35. The Morgan fingerprint density at radius 2 is 1.63 bits per heavy atom. The molecule has 0 spiro atoms. The lowest BCUT2D eigenvalue weighted by atomic mass is 9.97. The van der Waals surface area contributed by atoms with Gasteiger partial charge in [0.1, 0.15) is 0 Å². The van der Waals surface area contributed by atoms with Crippen LogP contribution in [0.1, 0.15) is 25.3 Å². The molecule has 0 unspecified atom stereocenters. The molecule has 3 nitrogen and oxygen atoms in total. The van der Waals surface area contributed by atoms with Crippen molar-refractivity contribution in [2.75, 3.05) is 6.26 Å². The van der Waals surface area contributed by atoms with Crippen LogP contribution in [-0.2, 0) is 9.84 Å². The SMILES string of the molecule is CC(C)c1ccc(S(C)(=O)=O)nc1-c1ccccc1. The number of sulfone groups is 1. The highest BCUT2D eigenvalue weighted by molar-refractivity contribution is 7.90. The smallest absolute Gasteiger partial charge is 0.192 e. The molecule has 0 radical (unpaired) electrons. The summed E-state index contributed by atoms with van der Waals surface area (Å²) in [5.74, 6) is 0.288. The molecule has 1 heterocycles. The fraction of sp³-hybridized carbons (Fsp3) is 0.267. The Kier molecular flexibility index (Phi) is 3.71. The van der Waals surface area contributed by atoms with E-state index in [1.54, 1.807) is 6.07 Å². The number of aromatic nitrogens is 1. The van der Waals surface area contributed by atoms with Crippen molar-refractivity contribution < 1.29 is 8.42 Å². The van der Waals surface area contributed by atoms with E-state index in [2.05, 4.69) is 18.8 Å². The van der Waals surface area contributed by atoms with Crippen LogP contribution in [-0.4, -0.2) is 19.7 Å². The number of hydrogen-bond donors (Lipinski definition) is 0. The predicted octanol–water partition coefficient (Wildman–Crippen LogP) is 3.28. The second-order valence-corrected chi connectivity index (χ2v) is 6.84. The zero-order valence-electron chi connectivity index (χ0n) is 11.3. The van der Waals surface area contributed by atoms with Gasteiger partial charge in [0, 0.05) is 11.8 Å². The van der Waals surface area contributed by atoms with Gasteiger partial charge < -0.3 is 0 Å². The summed E-state index contributed by atoms with van der Waals surface area (Å²) in [6.45, 7) is 4.15. The van der Waals surface area contributed by atoms with E-state index in [9.17, 15) is 8.42 Å². The molecule has 2 rings (SSSR count). The third-order valence-corrected chi connectivity index (χ3v) is 3.94. The molecule has 0 N–H and O–H groups in total.